The third-order valence-corrected chi connectivity index (χ3v) is 4.95. The molecule has 0 aliphatic heterocycles. The zero-order chi connectivity index (χ0) is 26.0. The topological polar surface area (TPSA) is 66.4 Å². The molecule has 36 heavy (non-hydrogen) atoms. The van der Waals surface area contributed by atoms with Gasteiger partial charge in [-0.1, -0.05) is 71.9 Å². The molecule has 3 aromatic rings. The maximum Gasteiger partial charge on any atom is 0.437 e. The highest BCUT2D eigenvalue weighted by Crippen LogP contribution is 2.27. The molecule has 188 valence electrons. The molecule has 0 aliphatic carbocycles. The smallest absolute Gasteiger partial charge is 0.437 e. The van der Waals surface area contributed by atoms with Crippen LogP contribution in [-0.2, 0) is 32.3 Å². The minimum Gasteiger partial charge on any atom is -0.503 e. The average Bonchev–Trinajstić information content (AvgIpc) is 2.88. The molecular weight excluding hydrogens is 475 g/mol. The van der Waals surface area contributed by atoms with E-state index in [1.54, 1.807) is 30.3 Å². The van der Waals surface area contributed by atoms with Crippen molar-refractivity contribution in [3.8, 4) is 5.75 Å². The van der Waals surface area contributed by atoms with Crippen molar-refractivity contribution in [2.75, 3.05) is 14.2 Å². The predicted molar refractivity (Wildman–Crippen MR) is 128 cm³/mol. The lowest BCUT2D eigenvalue weighted by molar-refractivity contribution is -0.133. The Morgan fingerprint density at radius 1 is 0.917 bits per heavy atom. The lowest BCUT2D eigenvalue weighted by Crippen LogP contribution is -2.24. The van der Waals surface area contributed by atoms with Crippen LogP contribution in [0.4, 0.5) is 13.2 Å². The molecular formula is C27H24F3NO5. The third-order valence-electron chi connectivity index (χ3n) is 4.95. The fourth-order valence-electron chi connectivity index (χ4n) is 3.27. The first-order valence-electron chi connectivity index (χ1n) is 10.8. The SMILES string of the molecule is CO/C=C(/C(=O)OC)c1ccccc1CON=C(c1cccc(OCc2ccccc2)c1)C(F)(F)F. The molecule has 0 atom stereocenters. The quantitative estimate of drug-likeness (QED) is 0.114. The summed E-state index contributed by atoms with van der Waals surface area (Å²) >= 11 is 0. The van der Waals surface area contributed by atoms with Gasteiger partial charge in [-0.15, -0.1) is 0 Å². The zero-order valence-electron chi connectivity index (χ0n) is 19.6. The maximum absolute atomic E-state index is 13.8. The number of benzene rings is 3. The molecule has 0 fully saturated rings. The van der Waals surface area contributed by atoms with E-state index in [9.17, 15) is 18.0 Å². The third kappa shape index (κ3) is 7.11. The molecule has 0 radical (unpaired) electrons. The van der Waals surface area contributed by atoms with Crippen molar-refractivity contribution in [2.24, 2.45) is 5.16 Å². The normalized spacial score (nSPS) is 12.1. The van der Waals surface area contributed by atoms with Crippen LogP contribution in [0.1, 0.15) is 22.3 Å². The first-order chi connectivity index (χ1) is 17.3. The van der Waals surface area contributed by atoms with Crippen LogP contribution >= 0.6 is 0 Å². The van der Waals surface area contributed by atoms with Crippen molar-refractivity contribution in [3.05, 3.63) is 107 Å². The van der Waals surface area contributed by atoms with Crippen molar-refractivity contribution in [1.82, 2.24) is 0 Å². The van der Waals surface area contributed by atoms with E-state index in [0.29, 0.717) is 11.1 Å². The maximum atomic E-state index is 13.8. The van der Waals surface area contributed by atoms with Gasteiger partial charge in [-0.2, -0.15) is 13.2 Å². The van der Waals surface area contributed by atoms with Crippen LogP contribution in [0.3, 0.4) is 0 Å². The van der Waals surface area contributed by atoms with Gasteiger partial charge >= 0.3 is 12.1 Å². The Hall–Kier alpha value is -4.27. The number of methoxy groups -OCH3 is 2. The van der Waals surface area contributed by atoms with E-state index in [2.05, 4.69) is 5.16 Å². The molecule has 0 bridgehead atoms. The van der Waals surface area contributed by atoms with Crippen LogP contribution < -0.4 is 4.74 Å². The molecule has 0 saturated heterocycles. The van der Waals surface area contributed by atoms with Crippen molar-refractivity contribution in [1.29, 1.82) is 0 Å². The number of oxime groups is 1. The summed E-state index contributed by atoms with van der Waals surface area (Å²) in [7, 11) is 2.57. The zero-order valence-corrected chi connectivity index (χ0v) is 19.6. The van der Waals surface area contributed by atoms with E-state index in [1.165, 1.54) is 38.7 Å². The van der Waals surface area contributed by atoms with E-state index in [0.717, 1.165) is 5.56 Å². The van der Waals surface area contributed by atoms with E-state index in [-0.39, 0.29) is 30.1 Å². The second-order valence-electron chi connectivity index (χ2n) is 7.43. The molecule has 3 aromatic carbocycles. The number of ether oxygens (including phenoxy) is 3. The van der Waals surface area contributed by atoms with Gasteiger partial charge in [-0.05, 0) is 23.3 Å². The number of alkyl halides is 3. The summed E-state index contributed by atoms with van der Waals surface area (Å²) in [6.45, 7) is -0.133. The van der Waals surface area contributed by atoms with Crippen LogP contribution in [0.2, 0.25) is 0 Å². The van der Waals surface area contributed by atoms with Gasteiger partial charge in [-0.25, -0.2) is 4.79 Å². The minimum absolute atomic E-state index is 0.0856. The van der Waals surface area contributed by atoms with Crippen LogP contribution in [0.25, 0.3) is 5.57 Å². The molecule has 0 heterocycles. The van der Waals surface area contributed by atoms with Crippen molar-refractivity contribution in [2.45, 2.75) is 19.4 Å². The van der Waals surface area contributed by atoms with Gasteiger partial charge in [0.1, 0.15) is 24.5 Å². The lowest BCUT2D eigenvalue weighted by atomic mass is 10.0. The van der Waals surface area contributed by atoms with Gasteiger partial charge in [0.25, 0.3) is 0 Å². The Balaban J connectivity index is 1.82. The number of hydrogen-bond acceptors (Lipinski definition) is 6. The predicted octanol–water partition coefficient (Wildman–Crippen LogP) is 5.91. The molecule has 3 rings (SSSR count). The Bertz CT molecular complexity index is 1220. The highest BCUT2D eigenvalue weighted by molar-refractivity contribution is 6.16. The highest BCUT2D eigenvalue weighted by atomic mass is 19.4. The number of carbonyl (C=O) groups is 1. The van der Waals surface area contributed by atoms with Crippen LogP contribution in [-0.4, -0.2) is 32.1 Å². The van der Waals surface area contributed by atoms with Crippen LogP contribution in [0.5, 0.6) is 5.75 Å². The Labute approximate surface area is 206 Å². The summed E-state index contributed by atoms with van der Waals surface area (Å²) in [6, 6.07) is 21.3. The second-order valence-corrected chi connectivity index (χ2v) is 7.43. The monoisotopic (exact) mass is 499 g/mol. The molecule has 0 aliphatic rings. The first-order valence-corrected chi connectivity index (χ1v) is 10.8. The molecule has 0 amide bonds. The van der Waals surface area contributed by atoms with E-state index in [1.807, 2.05) is 30.3 Å². The Kier molecular flexibility index (Phi) is 9.10. The molecule has 6 nitrogen and oxygen atoms in total. The summed E-state index contributed by atoms with van der Waals surface area (Å²) in [5, 5.41) is 3.40. The molecule has 0 saturated carbocycles. The summed E-state index contributed by atoms with van der Waals surface area (Å²) in [4.78, 5) is 17.3. The van der Waals surface area contributed by atoms with Crippen molar-refractivity contribution >= 4 is 17.3 Å². The van der Waals surface area contributed by atoms with Gasteiger partial charge in [0.2, 0.25) is 0 Å². The van der Waals surface area contributed by atoms with Gasteiger partial charge < -0.3 is 19.0 Å². The summed E-state index contributed by atoms with van der Waals surface area (Å²) in [5.74, 6) is -0.415. The fourth-order valence-corrected chi connectivity index (χ4v) is 3.27. The van der Waals surface area contributed by atoms with Crippen molar-refractivity contribution in [3.63, 3.8) is 0 Å². The average molecular weight is 499 g/mol. The standard InChI is InChI=1S/C27H24F3NO5/c1-33-18-24(26(32)34-2)23-14-7-6-11-21(23)17-36-31-25(27(28,29)30)20-12-8-13-22(15-20)35-16-19-9-4-3-5-10-19/h3-15,18H,16-17H2,1-2H3/b24-18+,31-25?. The number of nitrogens with zero attached hydrogens (tertiary/aromatic N) is 1. The van der Waals surface area contributed by atoms with Gasteiger partial charge in [0.05, 0.1) is 20.5 Å². The Morgan fingerprint density at radius 2 is 1.64 bits per heavy atom. The molecule has 9 heteroatoms. The molecule has 0 spiro atoms. The number of carbonyl (C=O) groups excluding carboxylic acids is 1. The van der Waals surface area contributed by atoms with Gasteiger partial charge in [-0.3, -0.25) is 0 Å². The largest absolute Gasteiger partial charge is 0.503 e. The number of hydrogen-bond donors (Lipinski definition) is 0. The lowest BCUT2D eigenvalue weighted by Gasteiger charge is -2.14. The highest BCUT2D eigenvalue weighted by Gasteiger charge is 2.38. The summed E-state index contributed by atoms with van der Waals surface area (Å²) < 4.78 is 56.9. The van der Waals surface area contributed by atoms with Gasteiger partial charge in [0, 0.05) is 11.1 Å². The summed E-state index contributed by atoms with van der Waals surface area (Å²) in [5.41, 5.74) is 0.329. The summed E-state index contributed by atoms with van der Waals surface area (Å²) in [6.07, 6.45) is -3.60. The fraction of sp³-hybridized carbons (Fsp3) is 0.185. The molecule has 0 unspecified atom stereocenters. The minimum atomic E-state index is -4.79. The van der Waals surface area contributed by atoms with Crippen LogP contribution in [0.15, 0.2) is 90.3 Å². The van der Waals surface area contributed by atoms with Crippen LogP contribution in [0, 0.1) is 0 Å². The van der Waals surface area contributed by atoms with E-state index >= 15 is 0 Å². The number of esters is 1. The van der Waals surface area contributed by atoms with Gasteiger partial charge in [0.15, 0.2) is 5.71 Å². The first kappa shape index (κ1) is 26.3. The Morgan fingerprint density at radius 3 is 2.33 bits per heavy atom. The van der Waals surface area contributed by atoms with E-state index < -0.39 is 17.9 Å². The second kappa shape index (κ2) is 12.4. The molecule has 0 aromatic heterocycles. The number of halogens is 3. The van der Waals surface area contributed by atoms with E-state index in [4.69, 9.17) is 19.0 Å². The number of rotatable bonds is 10. The molecule has 0 N–H and O–H groups in total. The van der Waals surface area contributed by atoms with Crippen molar-refractivity contribution < 1.29 is 37.0 Å².